The number of ether oxygens (including phenoxy) is 1. The summed E-state index contributed by atoms with van der Waals surface area (Å²) in [5, 5.41) is 23.0. The van der Waals surface area contributed by atoms with Crippen LogP contribution in [0.3, 0.4) is 0 Å². The Morgan fingerprint density at radius 1 is 0.359 bits per heavy atom. The number of esters is 1. The molecule has 0 radical (unpaired) electrons. The summed E-state index contributed by atoms with van der Waals surface area (Å²) in [4.78, 5) is 24.5. The average Bonchev–Trinajstić information content (AvgIpc) is 3.44. The van der Waals surface area contributed by atoms with Gasteiger partial charge in [-0.25, -0.2) is 0 Å². The first-order valence-corrected chi connectivity index (χ1v) is 34.9. The zero-order chi connectivity index (χ0) is 56.4. The van der Waals surface area contributed by atoms with Gasteiger partial charge in [0.15, 0.2) is 0 Å². The third-order valence-electron chi connectivity index (χ3n) is 16.1. The highest BCUT2D eigenvalue weighted by molar-refractivity contribution is 5.76. The molecule has 0 aromatic heterocycles. The number of carbonyl (C=O) groups is 2. The van der Waals surface area contributed by atoms with Crippen molar-refractivity contribution in [2.24, 2.45) is 0 Å². The normalized spacial score (nSPS) is 12.8. The molecule has 0 saturated heterocycles. The van der Waals surface area contributed by atoms with E-state index in [0.29, 0.717) is 19.4 Å². The van der Waals surface area contributed by atoms with E-state index in [2.05, 4.69) is 55.6 Å². The zero-order valence-electron chi connectivity index (χ0n) is 52.4. The standard InChI is InChI=1S/C72H135NO5/c1-3-5-7-9-11-13-15-16-17-18-37-40-43-46-50-54-58-62-66-72(77)78-67-63-59-55-51-47-44-41-38-35-33-31-29-27-25-23-21-19-20-22-24-26-28-30-32-34-36-39-42-45-49-53-57-61-65-71(76)73-69(68-74)70(75)64-60-56-52-48-14-12-10-8-6-4-2/h17-18,23,25,29,31,60,64,69-70,74-75H,3-16,19-22,24,26-28,30,32-59,61-63,65-68H2,1-2H3,(H,73,76)/b18-17-,25-23-,31-29-,64-60+. The Morgan fingerprint density at radius 3 is 0.987 bits per heavy atom. The van der Waals surface area contributed by atoms with Gasteiger partial charge in [0.2, 0.25) is 5.91 Å². The molecule has 0 spiro atoms. The van der Waals surface area contributed by atoms with Crippen LogP contribution in [0.15, 0.2) is 48.6 Å². The van der Waals surface area contributed by atoms with Gasteiger partial charge in [-0.05, 0) is 89.9 Å². The third-order valence-corrected chi connectivity index (χ3v) is 16.1. The summed E-state index contributed by atoms with van der Waals surface area (Å²) >= 11 is 0. The van der Waals surface area contributed by atoms with Crippen molar-refractivity contribution in [3.63, 3.8) is 0 Å². The number of allylic oxidation sites excluding steroid dienone is 7. The van der Waals surface area contributed by atoms with Gasteiger partial charge in [0, 0.05) is 12.8 Å². The van der Waals surface area contributed by atoms with Crippen molar-refractivity contribution in [3.05, 3.63) is 48.6 Å². The molecule has 0 fully saturated rings. The molecule has 0 heterocycles. The molecular formula is C72H135NO5. The predicted octanol–water partition coefficient (Wildman–Crippen LogP) is 22.5. The molecule has 78 heavy (non-hydrogen) atoms. The highest BCUT2D eigenvalue weighted by Crippen LogP contribution is 2.18. The molecule has 0 aliphatic rings. The molecule has 0 rings (SSSR count). The van der Waals surface area contributed by atoms with Crippen molar-refractivity contribution in [3.8, 4) is 0 Å². The molecule has 6 nitrogen and oxygen atoms in total. The molecular weight excluding hydrogens is 959 g/mol. The first-order chi connectivity index (χ1) is 38.5. The zero-order valence-corrected chi connectivity index (χ0v) is 52.4. The topological polar surface area (TPSA) is 95.9 Å². The van der Waals surface area contributed by atoms with E-state index in [1.807, 2.05) is 6.08 Å². The van der Waals surface area contributed by atoms with E-state index in [9.17, 15) is 19.8 Å². The molecule has 0 aromatic carbocycles. The number of aliphatic hydroxyl groups excluding tert-OH is 2. The quantitative estimate of drug-likeness (QED) is 0.0320. The molecule has 0 bridgehead atoms. The van der Waals surface area contributed by atoms with E-state index < -0.39 is 12.1 Å². The Balaban J connectivity index is 3.36. The maximum atomic E-state index is 12.4. The van der Waals surface area contributed by atoms with E-state index in [4.69, 9.17) is 4.74 Å². The number of nitrogens with one attached hydrogen (secondary N) is 1. The fourth-order valence-electron chi connectivity index (χ4n) is 10.7. The number of carbonyl (C=O) groups excluding carboxylic acids is 2. The van der Waals surface area contributed by atoms with Crippen molar-refractivity contribution in [2.45, 2.75) is 386 Å². The summed E-state index contributed by atoms with van der Waals surface area (Å²) in [7, 11) is 0. The van der Waals surface area contributed by atoms with E-state index in [1.165, 1.54) is 295 Å². The Morgan fingerprint density at radius 2 is 0.641 bits per heavy atom. The molecule has 0 aromatic rings. The van der Waals surface area contributed by atoms with Crippen LogP contribution in [0.2, 0.25) is 0 Å². The van der Waals surface area contributed by atoms with Crippen LogP contribution in [0.4, 0.5) is 0 Å². The van der Waals surface area contributed by atoms with Gasteiger partial charge >= 0.3 is 5.97 Å². The maximum Gasteiger partial charge on any atom is 0.305 e. The Hall–Kier alpha value is -2.18. The minimum Gasteiger partial charge on any atom is -0.466 e. The molecule has 1 amide bonds. The summed E-state index contributed by atoms with van der Waals surface area (Å²) < 4.78 is 5.50. The lowest BCUT2D eigenvalue weighted by Crippen LogP contribution is -2.45. The first kappa shape index (κ1) is 75.8. The van der Waals surface area contributed by atoms with Gasteiger partial charge in [0.1, 0.15) is 0 Å². The highest BCUT2D eigenvalue weighted by atomic mass is 16.5. The Labute approximate surface area is 486 Å². The molecule has 458 valence electrons. The predicted molar refractivity (Wildman–Crippen MR) is 342 cm³/mol. The van der Waals surface area contributed by atoms with Crippen LogP contribution in [0.1, 0.15) is 373 Å². The summed E-state index contributed by atoms with van der Waals surface area (Å²) in [6.45, 7) is 4.90. The molecule has 3 N–H and O–H groups in total. The average molecular weight is 1090 g/mol. The number of amides is 1. The van der Waals surface area contributed by atoms with E-state index in [0.717, 1.165) is 51.4 Å². The molecule has 0 aliphatic heterocycles. The van der Waals surface area contributed by atoms with Crippen molar-refractivity contribution in [1.82, 2.24) is 5.32 Å². The number of unbranched alkanes of at least 4 members (excludes halogenated alkanes) is 48. The lowest BCUT2D eigenvalue weighted by atomic mass is 10.0. The highest BCUT2D eigenvalue weighted by Gasteiger charge is 2.18. The monoisotopic (exact) mass is 1090 g/mol. The van der Waals surface area contributed by atoms with Gasteiger partial charge in [-0.2, -0.15) is 0 Å². The van der Waals surface area contributed by atoms with Crippen molar-refractivity contribution < 1.29 is 24.5 Å². The smallest absolute Gasteiger partial charge is 0.305 e. The molecule has 2 unspecified atom stereocenters. The van der Waals surface area contributed by atoms with E-state index in [-0.39, 0.29) is 18.5 Å². The fourth-order valence-corrected chi connectivity index (χ4v) is 10.7. The van der Waals surface area contributed by atoms with Crippen LogP contribution in [0.25, 0.3) is 0 Å². The minimum absolute atomic E-state index is 0.0110. The van der Waals surface area contributed by atoms with Gasteiger partial charge < -0.3 is 20.3 Å². The lowest BCUT2D eigenvalue weighted by Gasteiger charge is -2.20. The number of hydrogen-bond donors (Lipinski definition) is 3. The summed E-state index contributed by atoms with van der Waals surface area (Å²) in [5.41, 5.74) is 0. The molecule has 0 aliphatic carbocycles. The summed E-state index contributed by atoms with van der Waals surface area (Å²) in [6, 6.07) is -0.625. The lowest BCUT2D eigenvalue weighted by molar-refractivity contribution is -0.143. The summed E-state index contributed by atoms with van der Waals surface area (Å²) in [5.74, 6) is -0.0562. The van der Waals surface area contributed by atoms with Crippen LogP contribution in [-0.4, -0.2) is 47.4 Å². The van der Waals surface area contributed by atoms with Gasteiger partial charge in [0.05, 0.1) is 25.4 Å². The fraction of sp³-hybridized carbons (Fsp3) is 0.861. The van der Waals surface area contributed by atoms with Crippen molar-refractivity contribution in [1.29, 1.82) is 0 Å². The molecule has 0 saturated carbocycles. The minimum atomic E-state index is -0.842. The van der Waals surface area contributed by atoms with E-state index in [1.54, 1.807) is 6.08 Å². The Kier molecular flexibility index (Phi) is 65.4. The third kappa shape index (κ3) is 63.0. The van der Waals surface area contributed by atoms with E-state index >= 15 is 0 Å². The molecule has 2 atom stereocenters. The van der Waals surface area contributed by atoms with Crippen molar-refractivity contribution >= 4 is 11.9 Å². The second-order valence-electron chi connectivity index (χ2n) is 23.9. The largest absolute Gasteiger partial charge is 0.466 e. The SMILES string of the molecule is CCCCCCCCC/C=C\CCCCCCCCCC(=O)OCCCCCCCCCCC/C=C\C/C=C\CCCCCCCCCCCCCCCCCCCC(=O)NC(CO)C(O)/C=C/CCCCCCCCCC. The second kappa shape index (κ2) is 67.3. The maximum absolute atomic E-state index is 12.4. The van der Waals surface area contributed by atoms with Crippen molar-refractivity contribution in [2.75, 3.05) is 13.2 Å². The number of hydrogen-bond acceptors (Lipinski definition) is 5. The van der Waals surface area contributed by atoms with Crippen LogP contribution in [-0.2, 0) is 14.3 Å². The van der Waals surface area contributed by atoms with Gasteiger partial charge in [-0.15, -0.1) is 0 Å². The first-order valence-electron chi connectivity index (χ1n) is 34.9. The van der Waals surface area contributed by atoms with Crippen LogP contribution in [0, 0.1) is 0 Å². The number of aliphatic hydroxyl groups is 2. The second-order valence-corrected chi connectivity index (χ2v) is 23.9. The number of rotatable bonds is 65. The summed E-state index contributed by atoms with van der Waals surface area (Å²) in [6.07, 6.45) is 87.8. The van der Waals surface area contributed by atoms with Gasteiger partial charge in [0.25, 0.3) is 0 Å². The van der Waals surface area contributed by atoms with Crippen LogP contribution in [0.5, 0.6) is 0 Å². The van der Waals surface area contributed by atoms with Crippen LogP contribution < -0.4 is 5.32 Å². The van der Waals surface area contributed by atoms with Crippen LogP contribution >= 0.6 is 0 Å². The van der Waals surface area contributed by atoms with Gasteiger partial charge in [-0.3, -0.25) is 9.59 Å². The van der Waals surface area contributed by atoms with Gasteiger partial charge in [-0.1, -0.05) is 319 Å². The molecule has 6 heteroatoms. The Bertz CT molecular complexity index is 1310.